The van der Waals surface area contributed by atoms with E-state index >= 15 is 0 Å². The fourth-order valence-corrected chi connectivity index (χ4v) is 6.14. The lowest BCUT2D eigenvalue weighted by molar-refractivity contribution is -0.124. The van der Waals surface area contributed by atoms with Crippen molar-refractivity contribution in [3.05, 3.63) is 35.9 Å². The molecule has 2 aliphatic heterocycles. The van der Waals surface area contributed by atoms with E-state index < -0.39 is 21.6 Å². The Bertz CT molecular complexity index is 779. The maximum atomic E-state index is 12.9. The number of amides is 1. The largest absolute Gasteiger partial charge is 0.338 e. The molecule has 0 bridgehead atoms. The highest BCUT2D eigenvalue weighted by atomic mass is 32.2. The standard InChI is InChI=1S/C21H31N5O2S/c1-21(2)16(12-22)11-17(29(21)28)14-26-9-8-24-13-19(26)25-20(27)18(23)10-15-6-4-3-5-7-15/h3-7,16-19,24H,8-11,13-14,23H2,1-2H3,(H,25,27)/t16?,17?,18?,19?,29-/m0/s1. The van der Waals surface area contributed by atoms with Crippen molar-refractivity contribution in [2.75, 3.05) is 26.2 Å². The monoisotopic (exact) mass is 417 g/mol. The van der Waals surface area contributed by atoms with Crippen molar-refractivity contribution in [3.63, 3.8) is 0 Å². The molecule has 1 amide bonds. The van der Waals surface area contributed by atoms with Gasteiger partial charge in [-0.2, -0.15) is 5.26 Å². The van der Waals surface area contributed by atoms with Crippen LogP contribution in [0.4, 0.5) is 0 Å². The van der Waals surface area contributed by atoms with E-state index in [0.717, 1.165) is 18.7 Å². The van der Waals surface area contributed by atoms with Gasteiger partial charge in [-0.15, -0.1) is 0 Å². The number of nitrogens with zero attached hydrogens (tertiary/aromatic N) is 2. The minimum Gasteiger partial charge on any atom is -0.338 e. The highest BCUT2D eigenvalue weighted by Gasteiger charge is 2.48. The molecule has 2 heterocycles. The van der Waals surface area contributed by atoms with Gasteiger partial charge in [0.05, 0.1) is 28.9 Å². The van der Waals surface area contributed by atoms with Crippen LogP contribution in [-0.4, -0.2) is 63.4 Å². The average molecular weight is 418 g/mol. The van der Waals surface area contributed by atoms with E-state index in [2.05, 4.69) is 21.6 Å². The van der Waals surface area contributed by atoms with Gasteiger partial charge in [-0.25, -0.2) is 0 Å². The van der Waals surface area contributed by atoms with Crippen LogP contribution in [0.25, 0.3) is 0 Å². The SMILES string of the molecule is CC1(C)C(C#N)CC(CN2CCNCC2NC(=O)C(N)Cc2ccccc2)[S@@]1=O. The van der Waals surface area contributed by atoms with Crippen molar-refractivity contribution >= 4 is 16.7 Å². The number of piperazine rings is 1. The molecule has 0 spiro atoms. The molecular formula is C21H31N5O2S. The molecule has 0 aliphatic carbocycles. The Morgan fingerprint density at radius 3 is 2.83 bits per heavy atom. The molecule has 29 heavy (non-hydrogen) atoms. The summed E-state index contributed by atoms with van der Waals surface area (Å²) in [4.78, 5) is 14.8. The second-order valence-electron chi connectivity index (χ2n) is 8.46. The minimum atomic E-state index is -1.09. The van der Waals surface area contributed by atoms with E-state index in [1.54, 1.807) is 0 Å². The van der Waals surface area contributed by atoms with Crippen LogP contribution in [0, 0.1) is 17.2 Å². The molecule has 2 aliphatic rings. The molecule has 158 valence electrons. The molecule has 2 fully saturated rings. The van der Waals surface area contributed by atoms with E-state index in [4.69, 9.17) is 5.73 Å². The molecule has 1 aromatic carbocycles. The van der Waals surface area contributed by atoms with Crippen LogP contribution in [0.2, 0.25) is 0 Å². The molecule has 0 aromatic heterocycles. The number of carbonyl (C=O) groups excluding carboxylic acids is 1. The maximum absolute atomic E-state index is 12.9. The lowest BCUT2D eigenvalue weighted by Gasteiger charge is -2.38. The van der Waals surface area contributed by atoms with E-state index in [0.29, 0.717) is 25.9 Å². The molecule has 3 rings (SSSR count). The van der Waals surface area contributed by atoms with Crippen LogP contribution in [0.3, 0.4) is 0 Å². The van der Waals surface area contributed by atoms with Crippen molar-refractivity contribution in [3.8, 4) is 6.07 Å². The van der Waals surface area contributed by atoms with E-state index in [-0.39, 0.29) is 23.2 Å². The second kappa shape index (κ2) is 9.35. The summed E-state index contributed by atoms with van der Waals surface area (Å²) in [5, 5.41) is 15.7. The smallest absolute Gasteiger partial charge is 0.238 e. The van der Waals surface area contributed by atoms with Gasteiger partial charge in [-0.05, 0) is 32.3 Å². The van der Waals surface area contributed by atoms with Gasteiger partial charge in [0.2, 0.25) is 5.91 Å². The zero-order valence-electron chi connectivity index (χ0n) is 17.1. The van der Waals surface area contributed by atoms with Crippen LogP contribution in [0.1, 0.15) is 25.8 Å². The first-order chi connectivity index (χ1) is 13.8. The normalized spacial score (nSPS) is 30.4. The molecule has 7 nitrogen and oxygen atoms in total. The van der Waals surface area contributed by atoms with Gasteiger partial charge in [0.1, 0.15) is 0 Å². The number of nitrogens with two attached hydrogens (primary N) is 1. The van der Waals surface area contributed by atoms with Crippen molar-refractivity contribution in [1.82, 2.24) is 15.5 Å². The predicted octanol–water partition coefficient (Wildman–Crippen LogP) is 0.343. The third-order valence-corrected chi connectivity index (χ3v) is 8.32. The van der Waals surface area contributed by atoms with E-state index in [9.17, 15) is 14.3 Å². The van der Waals surface area contributed by atoms with E-state index in [1.807, 2.05) is 44.2 Å². The number of rotatable bonds is 6. The molecular weight excluding hydrogens is 386 g/mol. The number of carbonyl (C=O) groups is 1. The van der Waals surface area contributed by atoms with Gasteiger partial charge >= 0.3 is 0 Å². The molecule has 4 N–H and O–H groups in total. The third-order valence-electron chi connectivity index (χ3n) is 6.05. The number of hydrogen-bond acceptors (Lipinski definition) is 6. The predicted molar refractivity (Wildman–Crippen MR) is 114 cm³/mol. The molecule has 0 radical (unpaired) electrons. The summed E-state index contributed by atoms with van der Waals surface area (Å²) in [5.41, 5.74) is 7.16. The Labute approximate surface area is 175 Å². The summed E-state index contributed by atoms with van der Waals surface area (Å²) in [5.74, 6) is -0.390. The van der Waals surface area contributed by atoms with Crippen LogP contribution in [-0.2, 0) is 22.0 Å². The van der Waals surface area contributed by atoms with Gasteiger partial charge in [0, 0.05) is 42.2 Å². The molecule has 4 unspecified atom stereocenters. The molecule has 5 atom stereocenters. The van der Waals surface area contributed by atoms with Crippen LogP contribution >= 0.6 is 0 Å². The summed E-state index contributed by atoms with van der Waals surface area (Å²) in [6.45, 7) is 6.62. The van der Waals surface area contributed by atoms with Crippen LogP contribution in [0.15, 0.2) is 30.3 Å². The maximum Gasteiger partial charge on any atom is 0.238 e. The van der Waals surface area contributed by atoms with Crippen molar-refractivity contribution < 1.29 is 9.00 Å². The van der Waals surface area contributed by atoms with Crippen molar-refractivity contribution in [2.45, 2.75) is 48.9 Å². The Morgan fingerprint density at radius 1 is 1.45 bits per heavy atom. The number of hydrogen-bond donors (Lipinski definition) is 3. The first-order valence-corrected chi connectivity index (χ1v) is 11.4. The highest BCUT2D eigenvalue weighted by Crippen LogP contribution is 2.38. The number of benzene rings is 1. The summed E-state index contributed by atoms with van der Waals surface area (Å²) < 4.78 is 12.4. The van der Waals surface area contributed by atoms with Crippen LogP contribution in [0.5, 0.6) is 0 Å². The Hall–Kier alpha value is -1.79. The topological polar surface area (TPSA) is 111 Å². The first kappa shape index (κ1) is 21.9. The van der Waals surface area contributed by atoms with E-state index in [1.165, 1.54) is 0 Å². The zero-order chi connectivity index (χ0) is 21.0. The quantitative estimate of drug-likeness (QED) is 0.616. The van der Waals surface area contributed by atoms with Crippen molar-refractivity contribution in [2.24, 2.45) is 11.7 Å². The Kier molecular flexibility index (Phi) is 7.06. The molecule has 0 saturated carbocycles. The Morgan fingerprint density at radius 2 is 2.17 bits per heavy atom. The number of nitrogens with one attached hydrogen (secondary N) is 2. The van der Waals surface area contributed by atoms with Crippen LogP contribution < -0.4 is 16.4 Å². The van der Waals surface area contributed by atoms with Gasteiger partial charge in [-0.1, -0.05) is 30.3 Å². The zero-order valence-corrected chi connectivity index (χ0v) is 18.0. The van der Waals surface area contributed by atoms with Gasteiger partial charge in [0.15, 0.2) is 0 Å². The molecule has 2 saturated heterocycles. The van der Waals surface area contributed by atoms with Gasteiger partial charge < -0.3 is 16.4 Å². The fraction of sp³-hybridized carbons (Fsp3) is 0.619. The fourth-order valence-electron chi connectivity index (χ4n) is 4.16. The lowest BCUT2D eigenvalue weighted by Crippen LogP contribution is -2.62. The minimum absolute atomic E-state index is 0.0647. The highest BCUT2D eigenvalue weighted by molar-refractivity contribution is 7.87. The second-order valence-corrected chi connectivity index (χ2v) is 10.8. The first-order valence-electron chi connectivity index (χ1n) is 10.2. The van der Waals surface area contributed by atoms with Gasteiger partial charge in [0.25, 0.3) is 0 Å². The third kappa shape index (κ3) is 5.04. The molecule has 1 aromatic rings. The molecule has 8 heteroatoms. The Balaban J connectivity index is 1.60. The lowest BCUT2D eigenvalue weighted by atomic mass is 9.92. The summed E-state index contributed by atoms with van der Waals surface area (Å²) in [6.07, 6.45) is 0.922. The van der Waals surface area contributed by atoms with Crippen molar-refractivity contribution in [1.29, 1.82) is 5.26 Å². The number of nitriles is 1. The summed E-state index contributed by atoms with van der Waals surface area (Å²) in [7, 11) is -1.09. The summed E-state index contributed by atoms with van der Waals surface area (Å²) in [6, 6.07) is 11.4. The van der Waals surface area contributed by atoms with Gasteiger partial charge in [-0.3, -0.25) is 13.9 Å². The average Bonchev–Trinajstić information content (AvgIpc) is 2.93. The summed E-state index contributed by atoms with van der Waals surface area (Å²) >= 11 is 0.